The minimum atomic E-state index is 0.555. The van der Waals surface area contributed by atoms with Gasteiger partial charge in [-0.2, -0.15) is 5.26 Å². The van der Waals surface area contributed by atoms with Crippen LogP contribution < -0.4 is 4.90 Å². The van der Waals surface area contributed by atoms with Crippen molar-refractivity contribution < 1.29 is 0 Å². The lowest BCUT2D eigenvalue weighted by molar-refractivity contribution is 1.13. The van der Waals surface area contributed by atoms with Crippen LogP contribution in [0.3, 0.4) is 0 Å². The first-order valence-electron chi connectivity index (χ1n) is 7.02. The fraction of sp³-hybridized carbons (Fsp3) is 0.111. The Hall–Kier alpha value is -2.35. The van der Waals surface area contributed by atoms with Crippen molar-refractivity contribution in [1.82, 2.24) is 4.98 Å². The summed E-state index contributed by atoms with van der Waals surface area (Å²) in [5.74, 6) is 0. The molecule has 5 heteroatoms. The molecule has 0 aliphatic carbocycles. The van der Waals surface area contributed by atoms with Crippen LogP contribution in [0.2, 0.25) is 5.02 Å². The molecule has 2 aromatic carbocycles. The van der Waals surface area contributed by atoms with Crippen molar-refractivity contribution in [3.8, 4) is 6.07 Å². The van der Waals surface area contributed by atoms with E-state index < -0.39 is 0 Å². The van der Waals surface area contributed by atoms with Crippen LogP contribution in [0.15, 0.2) is 42.5 Å². The summed E-state index contributed by atoms with van der Waals surface area (Å²) in [5, 5.41) is 10.8. The van der Waals surface area contributed by atoms with E-state index in [1.807, 2.05) is 67.5 Å². The summed E-state index contributed by atoms with van der Waals surface area (Å²) >= 11 is 7.49. The highest BCUT2D eigenvalue weighted by atomic mass is 35.5. The van der Waals surface area contributed by atoms with Gasteiger partial charge in [0.05, 0.1) is 15.8 Å². The van der Waals surface area contributed by atoms with Crippen LogP contribution in [0.25, 0.3) is 21.9 Å². The number of halogens is 1. The number of thiazole rings is 1. The molecule has 1 aromatic heterocycles. The summed E-state index contributed by atoms with van der Waals surface area (Å²) in [6, 6.07) is 15.9. The SMILES string of the molecule is CN(C)c1ccc(/C=C(\C#N)c2nc3cc(Cl)ccc3s2)cc1. The number of benzene rings is 2. The average Bonchev–Trinajstić information content (AvgIpc) is 2.95. The number of allylic oxidation sites excluding steroid dienone is 1. The summed E-state index contributed by atoms with van der Waals surface area (Å²) < 4.78 is 1.02. The van der Waals surface area contributed by atoms with Crippen molar-refractivity contribution in [2.24, 2.45) is 0 Å². The van der Waals surface area contributed by atoms with Gasteiger partial charge in [0.1, 0.15) is 11.1 Å². The predicted octanol–water partition coefficient (Wildman–Crippen LogP) is 5.08. The van der Waals surface area contributed by atoms with Crippen molar-refractivity contribution in [2.45, 2.75) is 0 Å². The monoisotopic (exact) mass is 339 g/mol. The smallest absolute Gasteiger partial charge is 0.135 e. The van der Waals surface area contributed by atoms with E-state index in [2.05, 4.69) is 11.1 Å². The fourth-order valence-corrected chi connectivity index (χ4v) is 3.27. The second-order valence-electron chi connectivity index (χ2n) is 5.29. The van der Waals surface area contributed by atoms with Crippen molar-refractivity contribution in [3.63, 3.8) is 0 Å². The quantitative estimate of drug-likeness (QED) is 0.625. The Bertz CT molecular complexity index is 918. The van der Waals surface area contributed by atoms with Crippen molar-refractivity contribution in [2.75, 3.05) is 19.0 Å². The van der Waals surface area contributed by atoms with E-state index in [0.717, 1.165) is 21.5 Å². The van der Waals surface area contributed by atoms with Gasteiger partial charge in [0.15, 0.2) is 0 Å². The third-order valence-electron chi connectivity index (χ3n) is 3.42. The maximum Gasteiger partial charge on any atom is 0.135 e. The second kappa shape index (κ2) is 6.41. The topological polar surface area (TPSA) is 39.9 Å². The molecule has 114 valence electrons. The molecule has 0 radical (unpaired) electrons. The van der Waals surface area contributed by atoms with Crippen LogP contribution in [-0.2, 0) is 0 Å². The molecule has 23 heavy (non-hydrogen) atoms. The zero-order valence-electron chi connectivity index (χ0n) is 12.7. The van der Waals surface area contributed by atoms with Gasteiger partial charge in [-0.3, -0.25) is 0 Å². The summed E-state index contributed by atoms with van der Waals surface area (Å²) in [7, 11) is 4.00. The van der Waals surface area contributed by atoms with Crippen molar-refractivity contribution >= 4 is 50.5 Å². The van der Waals surface area contributed by atoms with E-state index in [1.54, 1.807) is 0 Å². The maximum absolute atomic E-state index is 9.48. The third kappa shape index (κ3) is 3.37. The van der Waals surface area contributed by atoms with Crippen LogP contribution >= 0.6 is 22.9 Å². The second-order valence-corrected chi connectivity index (χ2v) is 6.75. The molecule has 0 aliphatic heterocycles. The van der Waals surface area contributed by atoms with E-state index in [9.17, 15) is 5.26 Å². The standard InChI is InChI=1S/C18H14ClN3S/c1-22(2)15-6-3-12(4-7-15)9-13(11-20)18-21-16-10-14(19)5-8-17(16)23-18/h3-10H,1-2H3/b13-9+. The van der Waals surface area contributed by atoms with Crippen LogP contribution in [0, 0.1) is 11.3 Å². The van der Waals surface area contributed by atoms with E-state index in [1.165, 1.54) is 11.3 Å². The molecule has 0 N–H and O–H groups in total. The number of hydrogen-bond donors (Lipinski definition) is 0. The number of nitrogens with zero attached hydrogens (tertiary/aromatic N) is 3. The Morgan fingerprint density at radius 2 is 1.96 bits per heavy atom. The Kier molecular flexibility index (Phi) is 4.33. The Balaban J connectivity index is 1.98. The molecule has 0 aliphatic rings. The predicted molar refractivity (Wildman–Crippen MR) is 98.9 cm³/mol. The molecule has 1 heterocycles. The molecule has 0 amide bonds. The number of hydrogen-bond acceptors (Lipinski definition) is 4. The van der Waals surface area contributed by atoms with Crippen LogP contribution in [0.4, 0.5) is 5.69 Å². The largest absolute Gasteiger partial charge is 0.378 e. The summed E-state index contributed by atoms with van der Waals surface area (Å²) in [6.07, 6.45) is 1.86. The highest BCUT2D eigenvalue weighted by Gasteiger charge is 2.09. The molecular formula is C18H14ClN3S. The molecule has 0 saturated heterocycles. The lowest BCUT2D eigenvalue weighted by Gasteiger charge is -2.11. The van der Waals surface area contributed by atoms with Gasteiger partial charge in [-0.1, -0.05) is 23.7 Å². The van der Waals surface area contributed by atoms with Gasteiger partial charge in [-0.05, 0) is 42.0 Å². The minimum Gasteiger partial charge on any atom is -0.378 e. The first-order valence-corrected chi connectivity index (χ1v) is 8.22. The van der Waals surface area contributed by atoms with Crippen molar-refractivity contribution in [1.29, 1.82) is 5.26 Å². The summed E-state index contributed by atoms with van der Waals surface area (Å²) in [5.41, 5.74) is 3.47. The molecule has 3 aromatic rings. The Morgan fingerprint density at radius 3 is 2.61 bits per heavy atom. The molecule has 3 rings (SSSR count). The number of nitriles is 1. The van der Waals surface area contributed by atoms with E-state index in [0.29, 0.717) is 15.6 Å². The molecule has 0 atom stereocenters. The highest BCUT2D eigenvalue weighted by Crippen LogP contribution is 2.30. The zero-order chi connectivity index (χ0) is 16.4. The lowest BCUT2D eigenvalue weighted by atomic mass is 10.1. The normalized spacial score (nSPS) is 11.5. The zero-order valence-corrected chi connectivity index (χ0v) is 14.3. The first kappa shape index (κ1) is 15.5. The highest BCUT2D eigenvalue weighted by molar-refractivity contribution is 7.19. The average molecular weight is 340 g/mol. The molecule has 0 fully saturated rings. The first-order chi connectivity index (χ1) is 11.1. The Labute approximate surface area is 144 Å². The van der Waals surface area contributed by atoms with Gasteiger partial charge in [0.2, 0.25) is 0 Å². The molecule has 0 unspecified atom stereocenters. The molecule has 0 bridgehead atoms. The molecule has 0 spiro atoms. The fourth-order valence-electron chi connectivity index (χ4n) is 2.19. The number of fused-ring (bicyclic) bond motifs is 1. The van der Waals surface area contributed by atoms with Gasteiger partial charge in [-0.25, -0.2) is 4.98 Å². The summed E-state index contributed by atoms with van der Waals surface area (Å²) in [4.78, 5) is 6.56. The lowest BCUT2D eigenvalue weighted by Crippen LogP contribution is -2.07. The van der Waals surface area contributed by atoms with Crippen LogP contribution in [0.5, 0.6) is 0 Å². The molecular weight excluding hydrogens is 326 g/mol. The van der Waals surface area contributed by atoms with E-state index >= 15 is 0 Å². The van der Waals surface area contributed by atoms with E-state index in [4.69, 9.17) is 11.6 Å². The summed E-state index contributed by atoms with van der Waals surface area (Å²) in [6.45, 7) is 0. The number of anilines is 1. The van der Waals surface area contributed by atoms with Gasteiger partial charge >= 0.3 is 0 Å². The van der Waals surface area contributed by atoms with Crippen molar-refractivity contribution in [3.05, 3.63) is 58.1 Å². The minimum absolute atomic E-state index is 0.555. The van der Waals surface area contributed by atoms with Crippen LogP contribution in [-0.4, -0.2) is 19.1 Å². The van der Waals surface area contributed by atoms with Gasteiger partial charge in [0.25, 0.3) is 0 Å². The van der Waals surface area contributed by atoms with Crippen LogP contribution in [0.1, 0.15) is 10.6 Å². The third-order valence-corrected chi connectivity index (χ3v) is 4.73. The molecule has 0 saturated carbocycles. The van der Waals surface area contributed by atoms with Gasteiger partial charge in [-0.15, -0.1) is 11.3 Å². The van der Waals surface area contributed by atoms with Gasteiger partial charge < -0.3 is 4.90 Å². The number of aromatic nitrogens is 1. The Morgan fingerprint density at radius 1 is 1.22 bits per heavy atom. The van der Waals surface area contributed by atoms with Gasteiger partial charge in [0, 0.05) is 24.8 Å². The van der Waals surface area contributed by atoms with E-state index in [-0.39, 0.29) is 0 Å². The number of rotatable bonds is 3. The molecule has 3 nitrogen and oxygen atoms in total. The maximum atomic E-state index is 9.48.